The predicted molar refractivity (Wildman–Crippen MR) is 92.8 cm³/mol. The van der Waals surface area contributed by atoms with Crippen LogP contribution in [0.5, 0.6) is 0 Å². The van der Waals surface area contributed by atoms with Gasteiger partial charge in [0.05, 0.1) is 18.9 Å². The van der Waals surface area contributed by atoms with Crippen LogP contribution in [0.1, 0.15) is 35.4 Å². The number of likely N-dealkylation sites (tertiary alicyclic amines) is 1. The van der Waals surface area contributed by atoms with Gasteiger partial charge in [0.15, 0.2) is 0 Å². The smallest absolute Gasteiger partial charge is 0.274 e. The number of ether oxygens (including phenoxy) is 1. The van der Waals surface area contributed by atoms with Gasteiger partial charge in [0, 0.05) is 37.9 Å². The van der Waals surface area contributed by atoms with E-state index in [0.717, 1.165) is 25.2 Å². The molecule has 2 aliphatic rings. The zero-order chi connectivity index (χ0) is 17.3. The largest absolute Gasteiger partial charge is 0.375 e. The lowest BCUT2D eigenvalue weighted by Gasteiger charge is -2.28. The van der Waals surface area contributed by atoms with Gasteiger partial charge in [-0.05, 0) is 37.0 Å². The first-order chi connectivity index (χ1) is 12.2. The summed E-state index contributed by atoms with van der Waals surface area (Å²) in [6, 6.07) is 7.66. The highest BCUT2D eigenvalue weighted by Crippen LogP contribution is 2.49. The molecule has 25 heavy (non-hydrogen) atoms. The molecule has 2 aromatic heterocycles. The first-order valence-electron chi connectivity index (χ1n) is 8.93. The van der Waals surface area contributed by atoms with E-state index in [9.17, 15) is 4.79 Å². The highest BCUT2D eigenvalue weighted by Gasteiger charge is 2.51. The van der Waals surface area contributed by atoms with Crippen LogP contribution in [0.2, 0.25) is 0 Å². The molecule has 1 saturated heterocycles. The van der Waals surface area contributed by atoms with Crippen molar-refractivity contribution in [3.05, 3.63) is 48.0 Å². The van der Waals surface area contributed by atoms with Crippen molar-refractivity contribution in [2.45, 2.75) is 25.9 Å². The summed E-state index contributed by atoms with van der Waals surface area (Å²) in [5.41, 5.74) is 1.58. The Labute approximate surface area is 147 Å². The maximum Gasteiger partial charge on any atom is 0.274 e. The summed E-state index contributed by atoms with van der Waals surface area (Å²) in [5.74, 6) is 0.572. The number of fused-ring (bicyclic) bond motifs is 1. The second kappa shape index (κ2) is 6.59. The molecule has 0 unspecified atom stereocenters. The molecule has 2 atom stereocenters. The van der Waals surface area contributed by atoms with Gasteiger partial charge < -0.3 is 9.64 Å². The van der Waals surface area contributed by atoms with E-state index in [1.165, 1.54) is 12.8 Å². The summed E-state index contributed by atoms with van der Waals surface area (Å²) in [6.45, 7) is 2.82. The number of aryl methyl sites for hydroxylation is 1. The lowest BCUT2D eigenvalue weighted by Crippen LogP contribution is -2.35. The van der Waals surface area contributed by atoms with Crippen LogP contribution in [0.3, 0.4) is 0 Å². The lowest BCUT2D eigenvalue weighted by atomic mass is 9.81. The monoisotopic (exact) mass is 340 g/mol. The maximum atomic E-state index is 12.7. The molecule has 0 aromatic carbocycles. The summed E-state index contributed by atoms with van der Waals surface area (Å²) < 4.78 is 7.70. The molecule has 0 N–H and O–H groups in total. The van der Waals surface area contributed by atoms with Crippen LogP contribution < -0.4 is 0 Å². The van der Waals surface area contributed by atoms with E-state index in [2.05, 4.69) is 10.1 Å². The van der Waals surface area contributed by atoms with E-state index in [1.54, 1.807) is 16.9 Å². The molecule has 1 aliphatic heterocycles. The fourth-order valence-electron chi connectivity index (χ4n) is 4.34. The standard InChI is InChI=1S/C19H24N4O2/c1-22-10-7-17(21-22)18(24)23-11-15-5-4-8-19(15,13-23)14-25-12-16-6-2-3-9-20-16/h2-3,6-7,9-10,15H,4-5,8,11-14H2,1H3/t15-,19+/m1/s1. The number of hydrogen-bond acceptors (Lipinski definition) is 4. The van der Waals surface area contributed by atoms with Gasteiger partial charge in [-0.15, -0.1) is 0 Å². The summed E-state index contributed by atoms with van der Waals surface area (Å²) in [6.07, 6.45) is 7.14. The molecule has 6 nitrogen and oxygen atoms in total. The van der Waals surface area contributed by atoms with Crippen molar-refractivity contribution in [3.8, 4) is 0 Å². The summed E-state index contributed by atoms with van der Waals surface area (Å²) in [5, 5.41) is 4.26. The van der Waals surface area contributed by atoms with Crippen LogP contribution in [0.15, 0.2) is 36.7 Å². The van der Waals surface area contributed by atoms with Crippen molar-refractivity contribution in [2.75, 3.05) is 19.7 Å². The van der Waals surface area contributed by atoms with Gasteiger partial charge in [0.2, 0.25) is 0 Å². The number of pyridine rings is 1. The van der Waals surface area contributed by atoms with Gasteiger partial charge in [-0.3, -0.25) is 14.5 Å². The minimum atomic E-state index is 0.0408. The van der Waals surface area contributed by atoms with Crippen molar-refractivity contribution in [2.24, 2.45) is 18.4 Å². The fraction of sp³-hybridized carbons (Fsp3) is 0.526. The van der Waals surface area contributed by atoms with Crippen molar-refractivity contribution in [1.82, 2.24) is 19.7 Å². The lowest BCUT2D eigenvalue weighted by molar-refractivity contribution is 0.0252. The Balaban J connectivity index is 1.41. The van der Waals surface area contributed by atoms with Gasteiger partial charge >= 0.3 is 0 Å². The molecular formula is C19H24N4O2. The zero-order valence-corrected chi connectivity index (χ0v) is 14.6. The Bertz CT molecular complexity index is 745. The van der Waals surface area contributed by atoms with Gasteiger partial charge in [0.25, 0.3) is 5.91 Å². The van der Waals surface area contributed by atoms with E-state index in [-0.39, 0.29) is 11.3 Å². The van der Waals surface area contributed by atoms with E-state index in [1.807, 2.05) is 36.3 Å². The molecular weight excluding hydrogens is 316 g/mol. The van der Waals surface area contributed by atoms with E-state index >= 15 is 0 Å². The molecule has 0 spiro atoms. The SMILES string of the molecule is Cn1ccc(C(=O)N2C[C@H]3CCC[C@@]3(COCc3ccccn3)C2)n1. The van der Waals surface area contributed by atoms with Crippen molar-refractivity contribution in [3.63, 3.8) is 0 Å². The molecule has 3 heterocycles. The molecule has 1 amide bonds. The third kappa shape index (κ3) is 3.18. The molecule has 2 aromatic rings. The molecule has 4 rings (SSSR count). The first kappa shape index (κ1) is 16.3. The molecule has 6 heteroatoms. The van der Waals surface area contributed by atoms with Gasteiger partial charge in [0.1, 0.15) is 5.69 Å². The molecule has 1 saturated carbocycles. The van der Waals surface area contributed by atoms with Gasteiger partial charge in [-0.1, -0.05) is 12.5 Å². The van der Waals surface area contributed by atoms with Crippen LogP contribution in [-0.4, -0.2) is 45.3 Å². The van der Waals surface area contributed by atoms with Crippen molar-refractivity contribution < 1.29 is 9.53 Å². The summed E-state index contributed by atoms with van der Waals surface area (Å²) in [4.78, 5) is 19.0. The van der Waals surface area contributed by atoms with Crippen LogP contribution in [0.25, 0.3) is 0 Å². The third-order valence-corrected chi connectivity index (χ3v) is 5.63. The Hall–Kier alpha value is -2.21. The quantitative estimate of drug-likeness (QED) is 0.838. The fourth-order valence-corrected chi connectivity index (χ4v) is 4.34. The molecule has 1 aliphatic carbocycles. The number of nitrogens with zero attached hydrogens (tertiary/aromatic N) is 4. The van der Waals surface area contributed by atoms with Gasteiger partial charge in [-0.25, -0.2) is 0 Å². The summed E-state index contributed by atoms with van der Waals surface area (Å²) >= 11 is 0. The first-order valence-corrected chi connectivity index (χ1v) is 8.93. The zero-order valence-electron chi connectivity index (χ0n) is 14.6. The summed E-state index contributed by atoms with van der Waals surface area (Å²) in [7, 11) is 1.84. The molecule has 0 radical (unpaired) electrons. The Kier molecular flexibility index (Phi) is 4.29. The molecule has 0 bridgehead atoms. The average molecular weight is 340 g/mol. The molecule has 2 fully saturated rings. The Morgan fingerprint density at radius 2 is 2.32 bits per heavy atom. The predicted octanol–water partition coefficient (Wildman–Crippen LogP) is 2.27. The number of amides is 1. The number of hydrogen-bond donors (Lipinski definition) is 0. The van der Waals surface area contributed by atoms with Crippen LogP contribution in [-0.2, 0) is 18.4 Å². The van der Waals surface area contributed by atoms with Crippen LogP contribution in [0, 0.1) is 11.3 Å². The maximum absolute atomic E-state index is 12.7. The minimum absolute atomic E-state index is 0.0408. The highest BCUT2D eigenvalue weighted by molar-refractivity contribution is 5.92. The van der Waals surface area contributed by atoms with Crippen LogP contribution in [0.4, 0.5) is 0 Å². The number of rotatable bonds is 5. The topological polar surface area (TPSA) is 60.2 Å². The van der Waals surface area contributed by atoms with Gasteiger partial charge in [-0.2, -0.15) is 5.10 Å². The Morgan fingerprint density at radius 1 is 1.40 bits per heavy atom. The average Bonchev–Trinajstić information content (AvgIpc) is 3.29. The second-order valence-corrected chi connectivity index (χ2v) is 7.33. The van der Waals surface area contributed by atoms with E-state index in [4.69, 9.17) is 4.74 Å². The highest BCUT2D eigenvalue weighted by atomic mass is 16.5. The number of carbonyl (C=O) groups excluding carboxylic acids is 1. The van der Waals surface area contributed by atoms with Crippen LogP contribution >= 0.6 is 0 Å². The normalized spacial score (nSPS) is 25.3. The van der Waals surface area contributed by atoms with E-state index in [0.29, 0.717) is 24.8 Å². The Morgan fingerprint density at radius 3 is 3.08 bits per heavy atom. The van der Waals surface area contributed by atoms with Crippen molar-refractivity contribution >= 4 is 5.91 Å². The third-order valence-electron chi connectivity index (χ3n) is 5.63. The second-order valence-electron chi connectivity index (χ2n) is 7.33. The molecule has 132 valence electrons. The number of carbonyl (C=O) groups is 1. The van der Waals surface area contributed by atoms with E-state index < -0.39 is 0 Å². The van der Waals surface area contributed by atoms with Crippen molar-refractivity contribution in [1.29, 1.82) is 0 Å². The number of aromatic nitrogens is 3. The minimum Gasteiger partial charge on any atom is -0.375 e.